The van der Waals surface area contributed by atoms with Gasteiger partial charge in [0.2, 0.25) is 5.91 Å². The standard InChI is InChI=1S/C16H21N3O.ClH/c1-11-2-3-14-13(8-18-15(14)6-11)10-19-5-4-12(9-19)7-16(17)20;/h2-3,6,8,12,18H,4-5,7,9-10H2,1H3,(H2,17,20);1H. The Kier molecular flexibility index (Phi) is 4.91. The Morgan fingerprint density at radius 2 is 2.29 bits per heavy atom. The van der Waals surface area contributed by atoms with Crippen molar-refractivity contribution in [2.24, 2.45) is 11.7 Å². The summed E-state index contributed by atoms with van der Waals surface area (Å²) >= 11 is 0. The molecular weight excluding hydrogens is 286 g/mol. The number of likely N-dealkylation sites (tertiary alicyclic amines) is 1. The van der Waals surface area contributed by atoms with Crippen molar-refractivity contribution in [2.45, 2.75) is 26.3 Å². The lowest BCUT2D eigenvalue weighted by Crippen LogP contribution is -2.22. The van der Waals surface area contributed by atoms with Crippen LogP contribution in [-0.4, -0.2) is 28.9 Å². The van der Waals surface area contributed by atoms with Crippen LogP contribution < -0.4 is 5.73 Å². The van der Waals surface area contributed by atoms with Crippen LogP contribution in [0.1, 0.15) is 24.0 Å². The number of benzene rings is 1. The second kappa shape index (κ2) is 6.50. The van der Waals surface area contributed by atoms with Crippen LogP contribution in [0, 0.1) is 12.8 Å². The molecule has 0 saturated carbocycles. The van der Waals surface area contributed by atoms with Crippen LogP contribution in [0.3, 0.4) is 0 Å². The largest absolute Gasteiger partial charge is 0.370 e. The number of fused-ring (bicyclic) bond motifs is 1. The number of primary amides is 1. The monoisotopic (exact) mass is 307 g/mol. The number of hydrogen-bond acceptors (Lipinski definition) is 2. The number of rotatable bonds is 4. The molecule has 0 bridgehead atoms. The molecule has 2 aromatic rings. The fraction of sp³-hybridized carbons (Fsp3) is 0.438. The van der Waals surface area contributed by atoms with Crippen LogP contribution in [-0.2, 0) is 11.3 Å². The molecule has 1 unspecified atom stereocenters. The van der Waals surface area contributed by atoms with Crippen molar-refractivity contribution in [3.63, 3.8) is 0 Å². The molecule has 4 nitrogen and oxygen atoms in total. The summed E-state index contributed by atoms with van der Waals surface area (Å²) in [4.78, 5) is 16.7. The number of hydrogen-bond donors (Lipinski definition) is 2. The molecule has 21 heavy (non-hydrogen) atoms. The Labute approximate surface area is 131 Å². The summed E-state index contributed by atoms with van der Waals surface area (Å²) in [5.74, 6) is 0.249. The Morgan fingerprint density at radius 1 is 1.48 bits per heavy atom. The summed E-state index contributed by atoms with van der Waals surface area (Å²) in [6.45, 7) is 5.07. The number of nitrogens with one attached hydrogen (secondary N) is 1. The van der Waals surface area contributed by atoms with E-state index in [1.165, 1.54) is 22.0 Å². The highest BCUT2D eigenvalue weighted by atomic mass is 35.5. The fourth-order valence-electron chi connectivity index (χ4n) is 3.18. The van der Waals surface area contributed by atoms with E-state index in [1.807, 2.05) is 0 Å². The van der Waals surface area contributed by atoms with E-state index >= 15 is 0 Å². The predicted molar refractivity (Wildman–Crippen MR) is 87.5 cm³/mol. The van der Waals surface area contributed by atoms with Crippen molar-refractivity contribution in [1.29, 1.82) is 0 Å². The summed E-state index contributed by atoms with van der Waals surface area (Å²) < 4.78 is 0. The third kappa shape index (κ3) is 3.57. The van der Waals surface area contributed by atoms with E-state index in [1.54, 1.807) is 0 Å². The molecule has 1 aromatic carbocycles. The lowest BCUT2D eigenvalue weighted by Gasteiger charge is -2.15. The van der Waals surface area contributed by atoms with Crippen LogP contribution >= 0.6 is 12.4 Å². The first-order valence-corrected chi connectivity index (χ1v) is 7.19. The van der Waals surface area contributed by atoms with Gasteiger partial charge in [-0.1, -0.05) is 12.1 Å². The second-order valence-electron chi connectivity index (χ2n) is 5.92. The number of nitrogens with zero attached hydrogens (tertiary/aromatic N) is 1. The van der Waals surface area contributed by atoms with Crippen molar-refractivity contribution >= 4 is 29.2 Å². The molecule has 1 atom stereocenters. The van der Waals surface area contributed by atoms with Gasteiger partial charge in [0.25, 0.3) is 0 Å². The quantitative estimate of drug-likeness (QED) is 0.912. The minimum absolute atomic E-state index is 0. The average Bonchev–Trinajstić information content (AvgIpc) is 2.97. The molecule has 0 spiro atoms. The molecular formula is C16H22ClN3O. The van der Waals surface area contributed by atoms with Gasteiger partial charge in [-0.25, -0.2) is 0 Å². The maximum atomic E-state index is 11.0. The maximum Gasteiger partial charge on any atom is 0.217 e. The topological polar surface area (TPSA) is 62.1 Å². The zero-order valence-electron chi connectivity index (χ0n) is 12.3. The Morgan fingerprint density at radius 3 is 3.05 bits per heavy atom. The number of aryl methyl sites for hydroxylation is 1. The normalized spacial score (nSPS) is 18.8. The van der Waals surface area contributed by atoms with Crippen molar-refractivity contribution < 1.29 is 4.79 Å². The van der Waals surface area contributed by atoms with E-state index in [4.69, 9.17) is 5.73 Å². The number of H-pyrrole nitrogens is 1. The summed E-state index contributed by atoms with van der Waals surface area (Å²) in [5.41, 5.74) is 9.09. The SMILES string of the molecule is Cc1ccc2c(CN3CCC(CC(N)=O)C3)c[nH]c2c1.Cl. The van der Waals surface area contributed by atoms with Crippen molar-refractivity contribution in [2.75, 3.05) is 13.1 Å². The first-order chi connectivity index (χ1) is 9.61. The molecule has 1 aliphatic rings. The number of halogens is 1. The van der Waals surface area contributed by atoms with E-state index in [9.17, 15) is 4.79 Å². The van der Waals surface area contributed by atoms with Gasteiger partial charge in [0.1, 0.15) is 0 Å². The number of amides is 1. The molecule has 1 aromatic heterocycles. The van der Waals surface area contributed by atoms with Gasteiger partial charge >= 0.3 is 0 Å². The van der Waals surface area contributed by atoms with Crippen LogP contribution in [0.5, 0.6) is 0 Å². The Bertz CT molecular complexity index is 637. The van der Waals surface area contributed by atoms with Gasteiger partial charge in [-0.05, 0) is 43.0 Å². The molecule has 0 aliphatic carbocycles. The van der Waals surface area contributed by atoms with E-state index in [0.717, 1.165) is 26.1 Å². The molecule has 1 fully saturated rings. The minimum atomic E-state index is -0.181. The van der Waals surface area contributed by atoms with Crippen LogP contribution in [0.15, 0.2) is 24.4 Å². The number of carbonyl (C=O) groups is 1. The molecule has 2 heterocycles. The number of aromatic amines is 1. The van der Waals surface area contributed by atoms with Gasteiger partial charge in [-0.2, -0.15) is 0 Å². The Hall–Kier alpha value is -1.52. The summed E-state index contributed by atoms with van der Waals surface area (Å²) in [7, 11) is 0. The number of carbonyl (C=O) groups excluding carboxylic acids is 1. The second-order valence-corrected chi connectivity index (χ2v) is 5.92. The van der Waals surface area contributed by atoms with E-state index in [2.05, 4.69) is 41.2 Å². The van der Waals surface area contributed by atoms with Gasteiger partial charge in [0.15, 0.2) is 0 Å². The highest BCUT2D eigenvalue weighted by Gasteiger charge is 2.24. The molecule has 0 radical (unpaired) electrons. The maximum absolute atomic E-state index is 11.0. The zero-order valence-corrected chi connectivity index (χ0v) is 13.1. The van der Waals surface area contributed by atoms with Gasteiger partial charge in [0.05, 0.1) is 0 Å². The highest BCUT2D eigenvalue weighted by molar-refractivity contribution is 5.85. The van der Waals surface area contributed by atoms with E-state index < -0.39 is 0 Å². The molecule has 1 saturated heterocycles. The van der Waals surface area contributed by atoms with Crippen molar-refractivity contribution in [3.05, 3.63) is 35.5 Å². The smallest absolute Gasteiger partial charge is 0.217 e. The van der Waals surface area contributed by atoms with Gasteiger partial charge in [-0.15, -0.1) is 12.4 Å². The molecule has 5 heteroatoms. The van der Waals surface area contributed by atoms with Gasteiger partial charge in [-0.3, -0.25) is 9.69 Å². The number of aromatic nitrogens is 1. The fourth-order valence-corrected chi connectivity index (χ4v) is 3.18. The summed E-state index contributed by atoms with van der Waals surface area (Å²) in [5, 5.41) is 1.30. The van der Waals surface area contributed by atoms with E-state index in [-0.39, 0.29) is 18.3 Å². The first-order valence-electron chi connectivity index (χ1n) is 7.19. The zero-order chi connectivity index (χ0) is 14.1. The highest BCUT2D eigenvalue weighted by Crippen LogP contribution is 2.25. The first kappa shape index (κ1) is 15.9. The third-order valence-electron chi connectivity index (χ3n) is 4.18. The van der Waals surface area contributed by atoms with Gasteiger partial charge < -0.3 is 10.7 Å². The Balaban J connectivity index is 0.00000161. The average molecular weight is 308 g/mol. The van der Waals surface area contributed by atoms with Crippen molar-refractivity contribution in [1.82, 2.24) is 9.88 Å². The lowest BCUT2D eigenvalue weighted by molar-refractivity contribution is -0.118. The molecule has 1 aliphatic heterocycles. The summed E-state index contributed by atoms with van der Waals surface area (Å²) in [6, 6.07) is 6.52. The van der Waals surface area contributed by atoms with Crippen molar-refractivity contribution in [3.8, 4) is 0 Å². The molecule has 1 amide bonds. The third-order valence-corrected chi connectivity index (χ3v) is 4.18. The predicted octanol–water partition coefficient (Wildman–Crippen LogP) is 2.60. The molecule has 3 rings (SSSR count). The molecule has 114 valence electrons. The summed E-state index contributed by atoms with van der Waals surface area (Å²) in [6.07, 6.45) is 3.69. The van der Waals surface area contributed by atoms with Gasteiger partial charge in [0, 0.05) is 36.6 Å². The number of nitrogens with two attached hydrogens (primary N) is 1. The minimum Gasteiger partial charge on any atom is -0.370 e. The molecule has 3 N–H and O–H groups in total. The van der Waals surface area contributed by atoms with Crippen LogP contribution in [0.2, 0.25) is 0 Å². The lowest BCUT2D eigenvalue weighted by atomic mass is 10.1. The van der Waals surface area contributed by atoms with Crippen LogP contribution in [0.25, 0.3) is 10.9 Å². The van der Waals surface area contributed by atoms with Crippen LogP contribution in [0.4, 0.5) is 0 Å². The van der Waals surface area contributed by atoms with E-state index in [0.29, 0.717) is 12.3 Å².